The molecule has 0 radical (unpaired) electrons. The number of rotatable bonds is 6. The van der Waals surface area contributed by atoms with Crippen LogP contribution in [-0.4, -0.2) is 53.1 Å². The van der Waals surface area contributed by atoms with Crippen LogP contribution in [0.1, 0.15) is 58.5 Å². The minimum Gasteiger partial charge on any atom is -0.455 e. The van der Waals surface area contributed by atoms with E-state index in [1.165, 1.54) is 0 Å². The molecule has 3 aromatic rings. The molecule has 3 aromatic heterocycles. The Bertz CT molecular complexity index is 1300. The Kier molecular flexibility index (Phi) is 5.49. The molecular formula is C26H28F2N4O4. The topological polar surface area (TPSA) is 91.4 Å². The third kappa shape index (κ3) is 4.12. The Labute approximate surface area is 207 Å². The van der Waals surface area contributed by atoms with Crippen LogP contribution in [0, 0.1) is 6.92 Å². The SMILES string of the molecule is Cc1ccc(Cn2cc3c(n2)-c2c(oc(C(=O)NC[C@@H]4COCCO4)c2C(C)(F)F)CC32CC2)nc1. The normalized spacial score (nSPS) is 20.2. The molecule has 4 heterocycles. The average molecular weight is 499 g/mol. The maximum atomic E-state index is 15.1. The van der Waals surface area contributed by atoms with Crippen molar-refractivity contribution in [2.45, 2.75) is 57.1 Å². The molecule has 1 saturated heterocycles. The number of alkyl halides is 2. The zero-order chi connectivity index (χ0) is 25.1. The van der Waals surface area contributed by atoms with Crippen molar-refractivity contribution in [3.63, 3.8) is 0 Å². The highest BCUT2D eigenvalue weighted by Crippen LogP contribution is 2.59. The number of furan rings is 1. The summed E-state index contributed by atoms with van der Waals surface area (Å²) in [5, 5.41) is 7.41. The van der Waals surface area contributed by atoms with Crippen LogP contribution in [0.25, 0.3) is 11.3 Å². The predicted octanol–water partition coefficient (Wildman–Crippen LogP) is 3.74. The highest BCUT2D eigenvalue weighted by Gasteiger charge is 2.54. The molecule has 2 aliphatic carbocycles. The lowest BCUT2D eigenvalue weighted by molar-refractivity contribution is -0.0856. The Hall–Kier alpha value is -3.11. The molecule has 3 aliphatic rings. The fourth-order valence-electron chi connectivity index (χ4n) is 5.21. The second-order valence-corrected chi connectivity index (χ2v) is 10.1. The van der Waals surface area contributed by atoms with Crippen molar-refractivity contribution in [2.24, 2.45) is 0 Å². The van der Waals surface area contributed by atoms with Gasteiger partial charge in [-0.1, -0.05) is 6.07 Å². The van der Waals surface area contributed by atoms with Crippen molar-refractivity contribution < 1.29 is 27.5 Å². The van der Waals surface area contributed by atoms with Crippen LogP contribution in [0.5, 0.6) is 0 Å². The van der Waals surface area contributed by atoms with Gasteiger partial charge in [-0.3, -0.25) is 14.5 Å². The van der Waals surface area contributed by atoms with E-state index < -0.39 is 17.4 Å². The summed E-state index contributed by atoms with van der Waals surface area (Å²) in [7, 11) is 0. The maximum Gasteiger partial charge on any atom is 0.287 e. The first-order valence-electron chi connectivity index (χ1n) is 12.2. The molecule has 1 aliphatic heterocycles. The molecule has 36 heavy (non-hydrogen) atoms. The minimum atomic E-state index is -3.30. The van der Waals surface area contributed by atoms with Crippen LogP contribution in [0.4, 0.5) is 8.78 Å². The van der Waals surface area contributed by atoms with Gasteiger partial charge in [0.1, 0.15) is 11.5 Å². The van der Waals surface area contributed by atoms with Gasteiger partial charge in [0.05, 0.1) is 49.3 Å². The molecule has 0 unspecified atom stereocenters. The van der Waals surface area contributed by atoms with E-state index in [0.717, 1.165) is 36.6 Å². The monoisotopic (exact) mass is 498 g/mol. The van der Waals surface area contributed by atoms with Gasteiger partial charge in [-0.2, -0.15) is 5.10 Å². The molecule has 1 spiro atoms. The van der Waals surface area contributed by atoms with E-state index >= 15 is 8.78 Å². The number of hydrogen-bond acceptors (Lipinski definition) is 6. The number of nitrogens with zero attached hydrogens (tertiary/aromatic N) is 3. The first-order chi connectivity index (χ1) is 17.2. The summed E-state index contributed by atoms with van der Waals surface area (Å²) < 4.78 is 48.7. The second-order valence-electron chi connectivity index (χ2n) is 10.1. The van der Waals surface area contributed by atoms with Crippen molar-refractivity contribution in [3.8, 4) is 11.3 Å². The van der Waals surface area contributed by atoms with Crippen molar-refractivity contribution in [2.75, 3.05) is 26.4 Å². The molecule has 1 N–H and O–H groups in total. The van der Waals surface area contributed by atoms with E-state index in [0.29, 0.717) is 44.2 Å². The molecule has 8 nitrogen and oxygen atoms in total. The summed E-state index contributed by atoms with van der Waals surface area (Å²) >= 11 is 0. The molecule has 1 amide bonds. The number of hydrogen-bond donors (Lipinski definition) is 1. The van der Waals surface area contributed by atoms with Gasteiger partial charge in [0.15, 0.2) is 0 Å². The van der Waals surface area contributed by atoms with Crippen LogP contribution in [0.15, 0.2) is 28.9 Å². The highest BCUT2D eigenvalue weighted by molar-refractivity contribution is 5.96. The molecule has 10 heteroatoms. The number of carbonyl (C=O) groups is 1. The molecule has 0 aromatic carbocycles. The van der Waals surface area contributed by atoms with Crippen molar-refractivity contribution >= 4 is 5.91 Å². The van der Waals surface area contributed by atoms with E-state index in [1.807, 2.05) is 25.3 Å². The number of ether oxygens (including phenoxy) is 2. The van der Waals surface area contributed by atoms with E-state index in [2.05, 4.69) is 10.3 Å². The molecule has 190 valence electrons. The van der Waals surface area contributed by atoms with Gasteiger partial charge in [-0.25, -0.2) is 8.78 Å². The van der Waals surface area contributed by atoms with Crippen LogP contribution >= 0.6 is 0 Å². The Balaban J connectivity index is 1.36. The summed E-state index contributed by atoms with van der Waals surface area (Å²) in [6.45, 7) is 4.60. The smallest absolute Gasteiger partial charge is 0.287 e. The van der Waals surface area contributed by atoms with Crippen molar-refractivity contribution in [3.05, 3.63) is 58.4 Å². The van der Waals surface area contributed by atoms with Crippen LogP contribution < -0.4 is 5.32 Å². The van der Waals surface area contributed by atoms with Gasteiger partial charge in [0, 0.05) is 43.3 Å². The summed E-state index contributed by atoms with van der Waals surface area (Å²) in [4.78, 5) is 17.5. The van der Waals surface area contributed by atoms with Crippen molar-refractivity contribution in [1.82, 2.24) is 20.1 Å². The third-order valence-corrected chi connectivity index (χ3v) is 7.22. The summed E-state index contributed by atoms with van der Waals surface area (Å²) in [6.07, 6.45) is 5.72. The Morgan fingerprint density at radius 2 is 2.14 bits per heavy atom. The van der Waals surface area contributed by atoms with Gasteiger partial charge >= 0.3 is 0 Å². The van der Waals surface area contributed by atoms with E-state index in [4.69, 9.17) is 19.0 Å². The summed E-state index contributed by atoms with van der Waals surface area (Å²) in [6, 6.07) is 3.91. The number of nitrogens with one attached hydrogen (secondary N) is 1. The van der Waals surface area contributed by atoms with Crippen molar-refractivity contribution in [1.29, 1.82) is 0 Å². The first kappa shape index (κ1) is 23.3. The lowest BCUT2D eigenvalue weighted by Gasteiger charge is -2.23. The van der Waals surface area contributed by atoms with Crippen LogP contribution in [0.3, 0.4) is 0 Å². The average Bonchev–Trinajstić information content (AvgIpc) is 3.30. The number of aromatic nitrogens is 3. The van der Waals surface area contributed by atoms with Gasteiger partial charge in [-0.15, -0.1) is 0 Å². The number of aryl methyl sites for hydroxylation is 1. The van der Waals surface area contributed by atoms with E-state index in [9.17, 15) is 4.79 Å². The quantitative estimate of drug-likeness (QED) is 0.557. The molecule has 6 rings (SSSR count). The maximum absolute atomic E-state index is 15.1. The van der Waals surface area contributed by atoms with Gasteiger partial charge in [0.2, 0.25) is 5.76 Å². The lowest BCUT2D eigenvalue weighted by atomic mass is 9.81. The highest BCUT2D eigenvalue weighted by atomic mass is 19.3. The van der Waals surface area contributed by atoms with Gasteiger partial charge in [-0.05, 0) is 31.4 Å². The predicted molar refractivity (Wildman–Crippen MR) is 125 cm³/mol. The van der Waals surface area contributed by atoms with Crippen LogP contribution in [-0.2, 0) is 33.8 Å². The van der Waals surface area contributed by atoms with Gasteiger partial charge < -0.3 is 19.2 Å². The second kappa shape index (κ2) is 8.48. The number of amides is 1. The van der Waals surface area contributed by atoms with E-state index in [1.54, 1.807) is 10.9 Å². The molecule has 2 fully saturated rings. The number of halogens is 2. The first-order valence-corrected chi connectivity index (χ1v) is 12.2. The fraction of sp³-hybridized carbons (Fsp3) is 0.500. The van der Waals surface area contributed by atoms with Gasteiger partial charge in [0.25, 0.3) is 11.8 Å². The number of fused-ring (bicyclic) bond motifs is 4. The van der Waals surface area contributed by atoms with Crippen LogP contribution in [0.2, 0.25) is 0 Å². The molecule has 1 saturated carbocycles. The fourth-order valence-corrected chi connectivity index (χ4v) is 5.21. The standard InChI is InChI=1S/C26H28F2N4O4/c1-15-3-4-16(29-10-15)12-32-13-18-22(31-32)20-19(9-26(18)5-6-26)36-23(21(20)25(2,27)28)24(33)30-11-17-14-34-7-8-35-17/h3-4,10,13,17H,5-9,11-12,14H2,1-2H3,(H,30,33)/t17-/m1/s1. The molecule has 1 atom stereocenters. The zero-order valence-electron chi connectivity index (χ0n) is 20.3. The minimum absolute atomic E-state index is 0.145. The lowest BCUT2D eigenvalue weighted by Crippen LogP contribution is -2.40. The summed E-state index contributed by atoms with van der Waals surface area (Å²) in [5.41, 5.74) is 2.95. The Morgan fingerprint density at radius 3 is 2.81 bits per heavy atom. The largest absolute Gasteiger partial charge is 0.455 e. The summed E-state index contributed by atoms with van der Waals surface area (Å²) in [5.74, 6) is -3.95. The molecular weight excluding hydrogens is 470 g/mol. The van der Waals surface area contributed by atoms with E-state index in [-0.39, 0.29) is 29.4 Å². The Morgan fingerprint density at radius 1 is 1.31 bits per heavy atom. The molecule has 0 bridgehead atoms. The zero-order valence-corrected chi connectivity index (χ0v) is 20.3. The number of pyridine rings is 1. The third-order valence-electron chi connectivity index (χ3n) is 7.22. The number of carbonyl (C=O) groups excluding carboxylic acids is 1.